The molecule has 0 amide bonds. The third-order valence-corrected chi connectivity index (χ3v) is 3.64. The van der Waals surface area contributed by atoms with Gasteiger partial charge in [0.2, 0.25) is 0 Å². The van der Waals surface area contributed by atoms with Crippen LogP contribution in [0.3, 0.4) is 0 Å². The lowest BCUT2D eigenvalue weighted by atomic mass is 9.90. The van der Waals surface area contributed by atoms with E-state index in [9.17, 15) is 0 Å². The van der Waals surface area contributed by atoms with Gasteiger partial charge in [0.25, 0.3) is 0 Å². The standard InChI is InChI=1S/C16H27N/c1-5-7-8-13(3)16(17-4)15-11-9-14(6-2)10-12-15/h9-13,16-17H,5-8H2,1-4H3. The highest BCUT2D eigenvalue weighted by molar-refractivity contribution is 5.25. The van der Waals surface area contributed by atoms with Gasteiger partial charge >= 0.3 is 0 Å². The van der Waals surface area contributed by atoms with E-state index in [1.54, 1.807) is 0 Å². The fraction of sp³-hybridized carbons (Fsp3) is 0.625. The Morgan fingerprint density at radius 1 is 1.12 bits per heavy atom. The fourth-order valence-electron chi connectivity index (χ4n) is 2.43. The second kappa shape index (κ2) is 7.50. The lowest BCUT2D eigenvalue weighted by molar-refractivity contribution is 0.377. The molecule has 96 valence electrons. The minimum Gasteiger partial charge on any atom is -0.313 e. The van der Waals surface area contributed by atoms with Crippen LogP contribution in [0.1, 0.15) is 57.2 Å². The topological polar surface area (TPSA) is 12.0 Å². The second-order valence-corrected chi connectivity index (χ2v) is 4.98. The Morgan fingerprint density at radius 3 is 2.24 bits per heavy atom. The van der Waals surface area contributed by atoms with Gasteiger partial charge in [-0.2, -0.15) is 0 Å². The maximum atomic E-state index is 3.46. The molecule has 2 atom stereocenters. The van der Waals surface area contributed by atoms with Crippen molar-refractivity contribution in [2.45, 2.75) is 52.5 Å². The molecule has 1 aromatic carbocycles. The van der Waals surface area contributed by atoms with Crippen molar-refractivity contribution in [1.82, 2.24) is 5.32 Å². The number of rotatable bonds is 7. The molecule has 1 aromatic rings. The zero-order valence-corrected chi connectivity index (χ0v) is 11.8. The SMILES string of the molecule is CCCCC(C)C(NC)c1ccc(CC)cc1. The van der Waals surface area contributed by atoms with E-state index < -0.39 is 0 Å². The van der Waals surface area contributed by atoms with Crippen molar-refractivity contribution < 1.29 is 0 Å². The third kappa shape index (κ3) is 4.16. The van der Waals surface area contributed by atoms with Crippen LogP contribution in [0.15, 0.2) is 24.3 Å². The molecule has 0 aliphatic heterocycles. The summed E-state index contributed by atoms with van der Waals surface area (Å²) in [6.45, 7) is 6.82. The van der Waals surface area contributed by atoms with Crippen LogP contribution in [-0.2, 0) is 6.42 Å². The van der Waals surface area contributed by atoms with Crippen LogP contribution in [0.4, 0.5) is 0 Å². The number of unbranched alkanes of at least 4 members (excludes halogenated alkanes) is 1. The summed E-state index contributed by atoms with van der Waals surface area (Å²) >= 11 is 0. The summed E-state index contributed by atoms with van der Waals surface area (Å²) in [6.07, 6.45) is 5.04. The predicted octanol–water partition coefficient (Wildman–Crippen LogP) is 4.34. The van der Waals surface area contributed by atoms with Gasteiger partial charge in [-0.05, 0) is 36.9 Å². The number of benzene rings is 1. The Bertz CT molecular complexity index is 302. The summed E-state index contributed by atoms with van der Waals surface area (Å²) in [5, 5.41) is 3.46. The molecule has 0 saturated carbocycles. The van der Waals surface area contributed by atoms with Gasteiger partial charge < -0.3 is 5.32 Å². The molecule has 17 heavy (non-hydrogen) atoms. The van der Waals surface area contributed by atoms with Gasteiger partial charge in [-0.3, -0.25) is 0 Å². The first-order valence-corrected chi connectivity index (χ1v) is 6.99. The van der Waals surface area contributed by atoms with Crippen molar-refractivity contribution in [3.8, 4) is 0 Å². The molecule has 0 aromatic heterocycles. The lowest BCUT2D eigenvalue weighted by Crippen LogP contribution is -2.23. The Labute approximate surface area is 107 Å². The van der Waals surface area contributed by atoms with Gasteiger partial charge in [-0.1, -0.05) is 57.9 Å². The van der Waals surface area contributed by atoms with E-state index >= 15 is 0 Å². The minimum absolute atomic E-state index is 0.493. The summed E-state index contributed by atoms with van der Waals surface area (Å²) in [5.74, 6) is 0.701. The van der Waals surface area contributed by atoms with E-state index in [4.69, 9.17) is 0 Å². The molecule has 0 aliphatic carbocycles. The molecule has 0 radical (unpaired) electrons. The van der Waals surface area contributed by atoms with E-state index in [1.165, 1.54) is 30.4 Å². The zero-order chi connectivity index (χ0) is 12.7. The van der Waals surface area contributed by atoms with Gasteiger partial charge in [0.05, 0.1) is 0 Å². The summed E-state index contributed by atoms with van der Waals surface area (Å²) in [6, 6.07) is 9.57. The first-order valence-electron chi connectivity index (χ1n) is 6.99. The minimum atomic E-state index is 0.493. The van der Waals surface area contributed by atoms with E-state index in [0.29, 0.717) is 12.0 Å². The summed E-state index contributed by atoms with van der Waals surface area (Å²) in [7, 11) is 2.07. The van der Waals surface area contributed by atoms with Crippen molar-refractivity contribution in [2.24, 2.45) is 5.92 Å². The molecular formula is C16H27N. The van der Waals surface area contributed by atoms with Crippen molar-refractivity contribution in [1.29, 1.82) is 0 Å². The molecule has 1 heteroatoms. The highest BCUT2D eigenvalue weighted by Crippen LogP contribution is 2.26. The normalized spacial score (nSPS) is 14.6. The first kappa shape index (κ1) is 14.2. The average Bonchev–Trinajstić information content (AvgIpc) is 2.38. The third-order valence-electron chi connectivity index (χ3n) is 3.64. The molecule has 0 fully saturated rings. The van der Waals surface area contributed by atoms with Gasteiger partial charge in [-0.15, -0.1) is 0 Å². The summed E-state index contributed by atoms with van der Waals surface area (Å²) < 4.78 is 0. The monoisotopic (exact) mass is 233 g/mol. The highest BCUT2D eigenvalue weighted by Gasteiger charge is 2.16. The van der Waals surface area contributed by atoms with E-state index in [0.717, 1.165) is 6.42 Å². The van der Waals surface area contributed by atoms with Crippen molar-refractivity contribution in [2.75, 3.05) is 7.05 Å². The fourth-order valence-corrected chi connectivity index (χ4v) is 2.43. The first-order chi connectivity index (χ1) is 8.22. The van der Waals surface area contributed by atoms with Crippen LogP contribution in [0.2, 0.25) is 0 Å². The van der Waals surface area contributed by atoms with Gasteiger partial charge in [0, 0.05) is 6.04 Å². The van der Waals surface area contributed by atoms with Crippen molar-refractivity contribution in [3.63, 3.8) is 0 Å². The Kier molecular flexibility index (Phi) is 6.28. The predicted molar refractivity (Wildman–Crippen MR) is 76.3 cm³/mol. The smallest absolute Gasteiger partial charge is 0.0343 e. The number of hydrogen-bond acceptors (Lipinski definition) is 1. The molecule has 2 unspecified atom stereocenters. The van der Waals surface area contributed by atoms with Crippen LogP contribution in [0.25, 0.3) is 0 Å². The molecule has 0 heterocycles. The number of nitrogens with one attached hydrogen (secondary N) is 1. The number of aryl methyl sites for hydroxylation is 1. The largest absolute Gasteiger partial charge is 0.313 e. The van der Waals surface area contributed by atoms with Gasteiger partial charge in [0.1, 0.15) is 0 Å². The Morgan fingerprint density at radius 2 is 1.76 bits per heavy atom. The maximum absolute atomic E-state index is 3.46. The molecule has 1 rings (SSSR count). The molecule has 1 N–H and O–H groups in total. The van der Waals surface area contributed by atoms with Crippen LogP contribution in [0, 0.1) is 5.92 Å². The molecule has 1 nitrogen and oxygen atoms in total. The quantitative estimate of drug-likeness (QED) is 0.739. The van der Waals surface area contributed by atoms with Crippen LogP contribution >= 0.6 is 0 Å². The molecular weight excluding hydrogens is 206 g/mol. The maximum Gasteiger partial charge on any atom is 0.0343 e. The summed E-state index contributed by atoms with van der Waals surface area (Å²) in [5.41, 5.74) is 2.85. The van der Waals surface area contributed by atoms with E-state index in [2.05, 4.69) is 57.4 Å². The van der Waals surface area contributed by atoms with Crippen molar-refractivity contribution in [3.05, 3.63) is 35.4 Å². The van der Waals surface area contributed by atoms with E-state index in [-0.39, 0.29) is 0 Å². The lowest BCUT2D eigenvalue weighted by Gasteiger charge is -2.24. The summed E-state index contributed by atoms with van der Waals surface area (Å²) in [4.78, 5) is 0. The van der Waals surface area contributed by atoms with Gasteiger partial charge in [-0.25, -0.2) is 0 Å². The highest BCUT2D eigenvalue weighted by atomic mass is 14.9. The number of hydrogen-bond donors (Lipinski definition) is 1. The Balaban J connectivity index is 2.70. The van der Waals surface area contributed by atoms with E-state index in [1.807, 2.05) is 0 Å². The van der Waals surface area contributed by atoms with Crippen LogP contribution in [0.5, 0.6) is 0 Å². The van der Waals surface area contributed by atoms with Gasteiger partial charge in [0.15, 0.2) is 0 Å². The second-order valence-electron chi connectivity index (χ2n) is 4.98. The van der Waals surface area contributed by atoms with Crippen molar-refractivity contribution >= 4 is 0 Å². The average molecular weight is 233 g/mol. The molecule has 0 saturated heterocycles. The molecule has 0 bridgehead atoms. The molecule has 0 spiro atoms. The Hall–Kier alpha value is -0.820. The van der Waals surface area contributed by atoms with Crippen LogP contribution < -0.4 is 5.32 Å². The zero-order valence-electron chi connectivity index (χ0n) is 11.8. The van der Waals surface area contributed by atoms with Crippen LogP contribution in [-0.4, -0.2) is 7.05 Å². The molecule has 0 aliphatic rings.